The Labute approximate surface area is 87.7 Å². The Morgan fingerprint density at radius 1 is 1.33 bits per heavy atom. The van der Waals surface area contributed by atoms with Crippen molar-refractivity contribution >= 4 is 5.71 Å². The summed E-state index contributed by atoms with van der Waals surface area (Å²) in [7, 11) is 0. The van der Waals surface area contributed by atoms with Gasteiger partial charge in [-0.1, -0.05) is 30.3 Å². The highest BCUT2D eigenvalue weighted by atomic mass is 15.2. The zero-order valence-corrected chi connectivity index (χ0v) is 8.01. The molecule has 0 aliphatic carbocycles. The van der Waals surface area contributed by atoms with Gasteiger partial charge in [-0.25, -0.2) is 4.99 Å². The van der Waals surface area contributed by atoms with Crippen LogP contribution in [0.2, 0.25) is 0 Å². The third-order valence-electron chi connectivity index (χ3n) is 2.09. The molecule has 1 aliphatic rings. The molecule has 4 heteroatoms. The lowest BCUT2D eigenvalue weighted by molar-refractivity contribution is 0.634. The van der Waals surface area contributed by atoms with Crippen LogP contribution in [0.5, 0.6) is 0 Å². The second kappa shape index (κ2) is 3.95. The molecule has 0 bridgehead atoms. The molecule has 0 amide bonds. The zero-order chi connectivity index (χ0) is 10.7. The smallest absolute Gasteiger partial charge is 0.171 e. The summed E-state index contributed by atoms with van der Waals surface area (Å²) >= 11 is 0. The van der Waals surface area contributed by atoms with Crippen LogP contribution in [-0.2, 0) is 0 Å². The van der Waals surface area contributed by atoms with Crippen molar-refractivity contribution in [2.75, 3.05) is 0 Å². The summed E-state index contributed by atoms with van der Waals surface area (Å²) in [5, 5.41) is 11.7. The highest BCUT2D eigenvalue weighted by Gasteiger charge is 2.15. The van der Waals surface area contributed by atoms with Crippen molar-refractivity contribution in [1.82, 2.24) is 5.32 Å². The molecular formula is C11H10N4. The second-order valence-corrected chi connectivity index (χ2v) is 3.13. The molecule has 0 spiro atoms. The van der Waals surface area contributed by atoms with E-state index in [-0.39, 0.29) is 0 Å². The van der Waals surface area contributed by atoms with Gasteiger partial charge in [0.25, 0.3) is 0 Å². The molecule has 1 aromatic rings. The molecule has 1 aliphatic heterocycles. The number of nitriles is 1. The Morgan fingerprint density at radius 3 is 2.73 bits per heavy atom. The summed E-state index contributed by atoms with van der Waals surface area (Å²) in [6, 6.07) is 11.6. The molecule has 1 aromatic carbocycles. The summed E-state index contributed by atoms with van der Waals surface area (Å²) < 4.78 is 0. The fourth-order valence-corrected chi connectivity index (χ4v) is 1.39. The van der Waals surface area contributed by atoms with E-state index in [4.69, 9.17) is 11.0 Å². The number of hydrogen-bond acceptors (Lipinski definition) is 4. The Bertz CT molecular complexity index is 453. The maximum Gasteiger partial charge on any atom is 0.171 e. The topological polar surface area (TPSA) is 74.2 Å². The minimum absolute atomic E-state index is 0.475. The van der Waals surface area contributed by atoms with E-state index in [1.807, 2.05) is 30.3 Å². The Balaban J connectivity index is 2.43. The molecule has 2 rings (SSSR count). The Hall–Kier alpha value is -2.12. The van der Waals surface area contributed by atoms with Gasteiger partial charge in [0, 0.05) is 11.8 Å². The van der Waals surface area contributed by atoms with Crippen molar-refractivity contribution in [3.05, 3.63) is 47.7 Å². The monoisotopic (exact) mass is 198 g/mol. The van der Waals surface area contributed by atoms with E-state index in [9.17, 15) is 0 Å². The van der Waals surface area contributed by atoms with Gasteiger partial charge in [0.05, 0.1) is 11.3 Å². The molecule has 1 heterocycles. The lowest BCUT2D eigenvalue weighted by atomic mass is 10.0. The molecule has 1 atom stereocenters. The Kier molecular flexibility index (Phi) is 2.48. The van der Waals surface area contributed by atoms with Gasteiger partial charge < -0.3 is 5.32 Å². The van der Waals surface area contributed by atoms with Gasteiger partial charge in [0.15, 0.2) is 6.29 Å². The fraction of sp³-hybridized carbons (Fsp3) is 0.0909. The average molecular weight is 198 g/mol. The largest absolute Gasteiger partial charge is 0.357 e. The van der Waals surface area contributed by atoms with Crippen LogP contribution in [-0.4, -0.2) is 12.0 Å². The number of nitrogens with two attached hydrogens (primary N) is 1. The second-order valence-electron chi connectivity index (χ2n) is 3.13. The molecule has 0 saturated heterocycles. The summed E-state index contributed by atoms with van der Waals surface area (Å²) in [5.41, 5.74) is 7.68. The third kappa shape index (κ3) is 1.87. The predicted octanol–water partition coefficient (Wildman–Crippen LogP) is 0.729. The lowest BCUT2D eigenvalue weighted by Gasteiger charge is -2.16. The summed E-state index contributed by atoms with van der Waals surface area (Å²) in [4.78, 5) is 4.20. The highest BCUT2D eigenvalue weighted by Crippen LogP contribution is 2.11. The summed E-state index contributed by atoms with van der Waals surface area (Å²) in [5.74, 6) is 0. The number of benzene rings is 1. The first-order chi connectivity index (χ1) is 7.31. The van der Waals surface area contributed by atoms with E-state index in [0.29, 0.717) is 11.3 Å². The van der Waals surface area contributed by atoms with E-state index in [1.54, 1.807) is 6.20 Å². The van der Waals surface area contributed by atoms with Crippen molar-refractivity contribution in [1.29, 1.82) is 5.26 Å². The van der Waals surface area contributed by atoms with Gasteiger partial charge in [0.1, 0.15) is 6.07 Å². The van der Waals surface area contributed by atoms with Crippen LogP contribution in [0.25, 0.3) is 0 Å². The van der Waals surface area contributed by atoms with Crippen LogP contribution in [0.3, 0.4) is 0 Å². The van der Waals surface area contributed by atoms with E-state index in [1.165, 1.54) is 0 Å². The number of allylic oxidation sites excluding steroid dienone is 1. The van der Waals surface area contributed by atoms with Gasteiger partial charge in [-0.15, -0.1) is 0 Å². The Morgan fingerprint density at radius 2 is 2.07 bits per heavy atom. The number of nitrogens with one attached hydrogen (secondary N) is 1. The van der Waals surface area contributed by atoms with E-state index < -0.39 is 6.29 Å². The third-order valence-corrected chi connectivity index (χ3v) is 2.09. The fourth-order valence-electron chi connectivity index (χ4n) is 1.39. The number of nitrogens with zero attached hydrogens (tertiary/aromatic N) is 2. The maximum absolute atomic E-state index is 8.93. The van der Waals surface area contributed by atoms with Crippen molar-refractivity contribution in [3.63, 3.8) is 0 Å². The lowest BCUT2D eigenvalue weighted by Crippen LogP contribution is -2.36. The molecule has 0 radical (unpaired) electrons. The molecule has 0 saturated carbocycles. The maximum atomic E-state index is 8.93. The SMILES string of the molecule is N#CC1=CNC(N)N=C1c1ccccc1. The van der Waals surface area contributed by atoms with Crippen LogP contribution >= 0.6 is 0 Å². The van der Waals surface area contributed by atoms with Crippen molar-refractivity contribution in [2.45, 2.75) is 6.29 Å². The number of hydrogen-bond donors (Lipinski definition) is 2. The highest BCUT2D eigenvalue weighted by molar-refractivity contribution is 6.15. The van der Waals surface area contributed by atoms with Crippen LogP contribution in [0, 0.1) is 11.3 Å². The van der Waals surface area contributed by atoms with Gasteiger partial charge in [-0.2, -0.15) is 5.26 Å². The van der Waals surface area contributed by atoms with Crippen molar-refractivity contribution in [3.8, 4) is 6.07 Å². The first-order valence-electron chi connectivity index (χ1n) is 4.57. The van der Waals surface area contributed by atoms with E-state index in [0.717, 1.165) is 5.56 Å². The van der Waals surface area contributed by atoms with Gasteiger partial charge in [-0.05, 0) is 0 Å². The quantitative estimate of drug-likeness (QED) is 0.698. The van der Waals surface area contributed by atoms with Crippen molar-refractivity contribution < 1.29 is 0 Å². The van der Waals surface area contributed by atoms with E-state index in [2.05, 4.69) is 16.4 Å². The average Bonchev–Trinajstić information content (AvgIpc) is 2.30. The molecule has 4 nitrogen and oxygen atoms in total. The van der Waals surface area contributed by atoms with Crippen LogP contribution in [0.4, 0.5) is 0 Å². The molecule has 1 unspecified atom stereocenters. The summed E-state index contributed by atoms with van der Waals surface area (Å²) in [6.45, 7) is 0. The van der Waals surface area contributed by atoms with Gasteiger partial charge in [0.2, 0.25) is 0 Å². The molecule has 0 fully saturated rings. The van der Waals surface area contributed by atoms with Crippen LogP contribution in [0.15, 0.2) is 47.1 Å². The van der Waals surface area contributed by atoms with Gasteiger partial charge >= 0.3 is 0 Å². The molecule has 0 aromatic heterocycles. The zero-order valence-electron chi connectivity index (χ0n) is 8.01. The first kappa shape index (κ1) is 9.44. The molecule has 15 heavy (non-hydrogen) atoms. The molecular weight excluding hydrogens is 188 g/mol. The first-order valence-corrected chi connectivity index (χ1v) is 4.57. The molecule has 74 valence electrons. The minimum Gasteiger partial charge on any atom is -0.357 e. The van der Waals surface area contributed by atoms with Gasteiger partial charge in [-0.3, -0.25) is 5.73 Å². The summed E-state index contributed by atoms with van der Waals surface area (Å²) in [6.07, 6.45) is 1.12. The predicted molar refractivity (Wildman–Crippen MR) is 57.8 cm³/mol. The number of aliphatic imine (C=N–C) groups is 1. The normalized spacial score (nSPS) is 19.6. The number of rotatable bonds is 1. The molecule has 3 N–H and O–H groups in total. The van der Waals surface area contributed by atoms with Crippen molar-refractivity contribution in [2.24, 2.45) is 10.7 Å². The van der Waals surface area contributed by atoms with Crippen LogP contribution in [0.1, 0.15) is 5.56 Å². The van der Waals surface area contributed by atoms with Crippen LogP contribution < -0.4 is 11.1 Å². The minimum atomic E-state index is -0.475. The standard InChI is InChI=1S/C11H10N4/c12-6-9-7-14-11(13)15-10(9)8-4-2-1-3-5-8/h1-5,7,11,14H,13H2. The van der Waals surface area contributed by atoms with E-state index >= 15 is 0 Å².